The van der Waals surface area contributed by atoms with Crippen LogP contribution in [-0.4, -0.2) is 53.2 Å². The number of rotatable bonds is 11. The van der Waals surface area contributed by atoms with Crippen LogP contribution in [0.25, 0.3) is 12.2 Å². The molecular weight excluding hydrogens is 424 g/mol. The summed E-state index contributed by atoms with van der Waals surface area (Å²) in [5, 5.41) is 26.2. The van der Waals surface area contributed by atoms with Crippen molar-refractivity contribution in [2.24, 2.45) is 0 Å². The number of benzene rings is 2. The highest BCUT2D eigenvalue weighted by Crippen LogP contribution is 2.17. The number of nitrogens with one attached hydrogen (secondary N) is 4. The van der Waals surface area contributed by atoms with Gasteiger partial charge in [0, 0.05) is 18.2 Å². The number of aliphatic hydroxyl groups excluding tert-OH is 1. The first-order chi connectivity index (χ1) is 16.0. The van der Waals surface area contributed by atoms with Gasteiger partial charge in [0.25, 0.3) is 11.8 Å². The molecule has 6 N–H and O–H groups in total. The fourth-order valence-corrected chi connectivity index (χ4v) is 3.00. The molecule has 0 spiro atoms. The van der Waals surface area contributed by atoms with Crippen LogP contribution in [0.5, 0.6) is 0 Å². The van der Waals surface area contributed by atoms with Gasteiger partial charge >= 0.3 is 0 Å². The van der Waals surface area contributed by atoms with E-state index >= 15 is 0 Å². The second kappa shape index (κ2) is 11.9. The molecule has 0 bridgehead atoms. The van der Waals surface area contributed by atoms with E-state index in [4.69, 9.17) is 10.3 Å². The quantitative estimate of drug-likeness (QED) is 0.170. The van der Waals surface area contributed by atoms with Crippen LogP contribution in [0.1, 0.15) is 39.9 Å². The Hall–Kier alpha value is -3.53. The van der Waals surface area contributed by atoms with Gasteiger partial charge in [-0.25, -0.2) is 5.48 Å². The topological polar surface area (TPSA) is 140 Å². The third-order valence-corrected chi connectivity index (χ3v) is 5.17. The lowest BCUT2D eigenvalue weighted by molar-refractivity contribution is -0.131. The Morgan fingerprint density at radius 2 is 1.58 bits per heavy atom. The second-order valence-electron chi connectivity index (χ2n) is 7.82. The average Bonchev–Trinajstić information content (AvgIpc) is 3.68. The van der Waals surface area contributed by atoms with E-state index in [0.717, 1.165) is 29.5 Å². The average molecular weight is 453 g/mol. The van der Waals surface area contributed by atoms with Crippen molar-refractivity contribution in [2.75, 3.05) is 13.1 Å². The molecule has 2 aromatic rings. The maximum Gasteiger partial charge on any atom is 0.267 e. The minimum absolute atomic E-state index is 0.00165. The summed E-state index contributed by atoms with van der Waals surface area (Å²) >= 11 is 0. The van der Waals surface area contributed by atoms with Crippen LogP contribution in [0.3, 0.4) is 0 Å². The minimum Gasteiger partial charge on any atom is -0.392 e. The summed E-state index contributed by atoms with van der Waals surface area (Å²) in [5.74, 6) is -1.64. The van der Waals surface area contributed by atoms with E-state index < -0.39 is 17.9 Å². The van der Waals surface area contributed by atoms with Crippen molar-refractivity contribution in [3.05, 3.63) is 70.8 Å². The summed E-state index contributed by atoms with van der Waals surface area (Å²) < 4.78 is 0. The third kappa shape index (κ3) is 7.83. The first-order valence-corrected chi connectivity index (χ1v) is 10.7. The van der Waals surface area contributed by atoms with Gasteiger partial charge in [-0.1, -0.05) is 48.6 Å². The van der Waals surface area contributed by atoms with Crippen LogP contribution in [0.15, 0.2) is 48.5 Å². The molecule has 174 valence electrons. The lowest BCUT2D eigenvalue weighted by Crippen LogP contribution is -2.52. The predicted octanol–water partition coefficient (Wildman–Crippen LogP) is 0.821. The molecule has 0 heterocycles. The highest BCUT2D eigenvalue weighted by atomic mass is 16.5. The molecule has 0 unspecified atom stereocenters. The Balaban J connectivity index is 1.54. The zero-order chi connectivity index (χ0) is 23.6. The fourth-order valence-electron chi connectivity index (χ4n) is 3.00. The molecule has 0 radical (unpaired) electrons. The molecule has 0 aliphatic heterocycles. The molecule has 1 saturated carbocycles. The molecule has 0 aromatic heterocycles. The molecular formula is C24H28N4O5. The lowest BCUT2D eigenvalue weighted by atomic mass is 10.1. The van der Waals surface area contributed by atoms with E-state index in [0.29, 0.717) is 11.6 Å². The van der Waals surface area contributed by atoms with Crippen molar-refractivity contribution in [1.29, 1.82) is 0 Å². The van der Waals surface area contributed by atoms with Crippen LogP contribution >= 0.6 is 0 Å². The maximum atomic E-state index is 12.6. The van der Waals surface area contributed by atoms with Crippen molar-refractivity contribution in [3.8, 4) is 0 Å². The highest BCUT2D eigenvalue weighted by molar-refractivity contribution is 5.97. The molecule has 9 nitrogen and oxygen atoms in total. The van der Waals surface area contributed by atoms with Crippen LogP contribution in [0, 0.1) is 0 Å². The molecule has 1 fully saturated rings. The number of hydrogen-bond donors (Lipinski definition) is 6. The molecule has 3 rings (SSSR count). The number of hydrogen-bond acceptors (Lipinski definition) is 6. The van der Waals surface area contributed by atoms with E-state index in [1.165, 1.54) is 5.48 Å². The van der Waals surface area contributed by atoms with Crippen molar-refractivity contribution in [1.82, 2.24) is 21.4 Å². The van der Waals surface area contributed by atoms with Crippen molar-refractivity contribution in [3.63, 3.8) is 0 Å². The molecule has 1 atom stereocenters. The van der Waals surface area contributed by atoms with Gasteiger partial charge in [-0.05, 0) is 41.7 Å². The van der Waals surface area contributed by atoms with E-state index in [1.807, 2.05) is 36.4 Å². The van der Waals surface area contributed by atoms with Gasteiger partial charge in [0.05, 0.1) is 13.2 Å². The molecule has 1 aliphatic carbocycles. The van der Waals surface area contributed by atoms with Gasteiger partial charge in [-0.2, -0.15) is 0 Å². The Morgan fingerprint density at radius 1 is 0.970 bits per heavy atom. The van der Waals surface area contributed by atoms with Crippen molar-refractivity contribution < 1.29 is 24.7 Å². The van der Waals surface area contributed by atoms with Gasteiger partial charge in [0.15, 0.2) is 0 Å². The normalized spacial score (nSPS) is 14.0. The second-order valence-corrected chi connectivity index (χ2v) is 7.82. The summed E-state index contributed by atoms with van der Waals surface area (Å²) in [6.45, 7) is -0.0236. The summed E-state index contributed by atoms with van der Waals surface area (Å²) in [4.78, 5) is 36.4. The molecule has 1 aliphatic rings. The van der Waals surface area contributed by atoms with Crippen molar-refractivity contribution in [2.45, 2.75) is 31.5 Å². The Morgan fingerprint density at radius 3 is 2.12 bits per heavy atom. The summed E-state index contributed by atoms with van der Waals surface area (Å²) in [6, 6.07) is 13.5. The van der Waals surface area contributed by atoms with E-state index in [-0.39, 0.29) is 25.6 Å². The number of aliphatic hydroxyl groups is 1. The Bertz CT molecular complexity index is 985. The molecule has 2 aromatic carbocycles. The summed E-state index contributed by atoms with van der Waals surface area (Å²) in [6.07, 6.45) is 5.90. The number of carbonyl (C=O) groups is 3. The lowest BCUT2D eigenvalue weighted by Gasteiger charge is -2.17. The number of amides is 3. The van der Waals surface area contributed by atoms with Gasteiger partial charge in [0.2, 0.25) is 5.91 Å². The number of carbonyl (C=O) groups excluding carboxylic acids is 3. The van der Waals surface area contributed by atoms with E-state index in [2.05, 4.69) is 16.0 Å². The van der Waals surface area contributed by atoms with Crippen LogP contribution in [-0.2, 0) is 16.2 Å². The Kier molecular flexibility index (Phi) is 8.71. The Labute approximate surface area is 191 Å². The maximum absolute atomic E-state index is 12.6. The van der Waals surface area contributed by atoms with Gasteiger partial charge < -0.3 is 21.1 Å². The van der Waals surface area contributed by atoms with E-state index in [9.17, 15) is 14.4 Å². The minimum atomic E-state index is -1.13. The van der Waals surface area contributed by atoms with Gasteiger partial charge in [0.1, 0.15) is 6.04 Å². The van der Waals surface area contributed by atoms with Gasteiger partial charge in [-0.3, -0.25) is 19.6 Å². The largest absolute Gasteiger partial charge is 0.392 e. The monoisotopic (exact) mass is 452 g/mol. The zero-order valence-corrected chi connectivity index (χ0v) is 18.1. The fraction of sp³-hybridized carbons (Fsp3) is 0.292. The molecule has 0 saturated heterocycles. The van der Waals surface area contributed by atoms with Crippen LogP contribution in [0.4, 0.5) is 0 Å². The summed E-state index contributed by atoms with van der Waals surface area (Å²) in [7, 11) is 0. The van der Waals surface area contributed by atoms with Gasteiger partial charge in [-0.15, -0.1) is 0 Å². The molecule has 3 amide bonds. The number of hydroxylamine groups is 1. The standard InChI is InChI=1S/C24H28N4O5/c29-15-18-5-3-16(4-6-18)1-2-17-7-9-19(10-8-17)23(31)27-21(24(32)28-33)13-26-22(30)14-25-20-11-12-20/h1-10,20-21,25,29,33H,11-15H2,(H,26,30)(H,27,31)(H,28,32)/b2-1+/t21-/m0/s1. The summed E-state index contributed by atoms with van der Waals surface area (Å²) in [5.41, 5.74) is 4.53. The first-order valence-electron chi connectivity index (χ1n) is 10.7. The highest BCUT2D eigenvalue weighted by Gasteiger charge is 2.23. The molecule has 9 heteroatoms. The van der Waals surface area contributed by atoms with Crippen molar-refractivity contribution >= 4 is 29.9 Å². The van der Waals surface area contributed by atoms with Crippen LogP contribution < -0.4 is 21.4 Å². The smallest absolute Gasteiger partial charge is 0.267 e. The SMILES string of the molecule is O=C(CNC1CC1)NC[C@H](NC(=O)c1ccc(/C=C/c2ccc(CO)cc2)cc1)C(=O)NO. The molecule has 33 heavy (non-hydrogen) atoms. The van der Waals surface area contributed by atoms with E-state index in [1.54, 1.807) is 24.3 Å². The first kappa shape index (κ1) is 24.1. The van der Waals surface area contributed by atoms with Crippen LogP contribution in [0.2, 0.25) is 0 Å². The third-order valence-electron chi connectivity index (χ3n) is 5.17. The predicted molar refractivity (Wildman–Crippen MR) is 123 cm³/mol. The zero-order valence-electron chi connectivity index (χ0n) is 18.1.